The normalized spacial score (nSPS) is 15.3. The molecule has 1 N–H and O–H groups in total. The molecule has 10 heteroatoms. The van der Waals surface area contributed by atoms with E-state index in [1.807, 2.05) is 50.4 Å². The predicted octanol–water partition coefficient (Wildman–Crippen LogP) is 4.49. The van der Waals surface area contributed by atoms with Crippen LogP contribution >= 0.6 is 0 Å². The minimum atomic E-state index is -0.767. The van der Waals surface area contributed by atoms with Crippen LogP contribution < -0.4 is 10.1 Å². The summed E-state index contributed by atoms with van der Waals surface area (Å²) in [6, 6.07) is 15.7. The van der Waals surface area contributed by atoms with Crippen LogP contribution in [0, 0.1) is 5.92 Å². The number of rotatable bonds is 15. The molecule has 0 bridgehead atoms. The average Bonchev–Trinajstić information content (AvgIpc) is 3.71. The number of aromatic nitrogens is 3. The average molecular weight is 603 g/mol. The van der Waals surface area contributed by atoms with E-state index in [4.69, 9.17) is 4.74 Å². The molecule has 0 unspecified atom stereocenters. The molecule has 0 radical (unpaired) electrons. The Labute approximate surface area is 260 Å². The number of ether oxygens (including phenoxy) is 1. The van der Waals surface area contributed by atoms with Gasteiger partial charge in [0.25, 0.3) is 5.91 Å². The second-order valence-electron chi connectivity index (χ2n) is 12.0. The number of amides is 3. The molecule has 3 amide bonds. The summed E-state index contributed by atoms with van der Waals surface area (Å²) in [5.74, 6) is -0.129. The van der Waals surface area contributed by atoms with Crippen molar-refractivity contribution in [2.45, 2.75) is 84.5 Å². The standard InChI is InChI=1S/C34H46N6O4/c1-5-6-19-39-23-27(36-37-39)24-44-31-17-11-10-15-28(31)32(41)35-29(22-25(2)3)33(42)40-20-12-16-30(40)34(43)38(4)21-18-26-13-8-7-9-14-26/h7-11,13-15,17,23,25,29-30H,5-6,12,16,18-22,24H2,1-4H3,(H,35,41)/t29-,30-/m1/s1. The Morgan fingerprint density at radius 1 is 1.09 bits per heavy atom. The van der Waals surface area contributed by atoms with Gasteiger partial charge in [-0.1, -0.05) is 74.9 Å². The maximum Gasteiger partial charge on any atom is 0.255 e. The van der Waals surface area contributed by atoms with Crippen molar-refractivity contribution >= 4 is 17.7 Å². The molecule has 1 aliphatic rings. The van der Waals surface area contributed by atoms with Crippen molar-refractivity contribution in [2.24, 2.45) is 5.92 Å². The van der Waals surface area contributed by atoms with Crippen molar-refractivity contribution in [3.05, 3.63) is 77.6 Å². The number of unbranched alkanes of at least 4 members (excludes halogenated alkanes) is 1. The number of carbonyl (C=O) groups is 3. The minimum Gasteiger partial charge on any atom is -0.486 e. The highest BCUT2D eigenvalue weighted by atomic mass is 16.5. The zero-order valence-corrected chi connectivity index (χ0v) is 26.4. The van der Waals surface area contributed by atoms with Gasteiger partial charge < -0.3 is 19.9 Å². The quantitative estimate of drug-likeness (QED) is 0.275. The maximum absolute atomic E-state index is 13.9. The van der Waals surface area contributed by atoms with Crippen LogP contribution in [0.4, 0.5) is 0 Å². The van der Waals surface area contributed by atoms with E-state index in [1.54, 1.807) is 45.8 Å². The molecule has 236 valence electrons. The first-order valence-electron chi connectivity index (χ1n) is 15.8. The van der Waals surface area contributed by atoms with Gasteiger partial charge in [-0.05, 0) is 55.7 Å². The van der Waals surface area contributed by atoms with Crippen LogP contribution in [0.3, 0.4) is 0 Å². The number of likely N-dealkylation sites (tertiary alicyclic amines) is 1. The van der Waals surface area contributed by atoms with Gasteiger partial charge in [0.05, 0.1) is 11.8 Å². The molecule has 44 heavy (non-hydrogen) atoms. The minimum absolute atomic E-state index is 0.0632. The lowest BCUT2D eigenvalue weighted by Crippen LogP contribution is -2.54. The molecule has 0 saturated carbocycles. The fraction of sp³-hybridized carbons (Fsp3) is 0.500. The molecule has 1 saturated heterocycles. The summed E-state index contributed by atoms with van der Waals surface area (Å²) >= 11 is 0. The summed E-state index contributed by atoms with van der Waals surface area (Å²) in [6.45, 7) is 8.17. The van der Waals surface area contributed by atoms with Gasteiger partial charge in [-0.3, -0.25) is 19.1 Å². The fourth-order valence-electron chi connectivity index (χ4n) is 5.49. The van der Waals surface area contributed by atoms with Crippen molar-refractivity contribution in [2.75, 3.05) is 20.1 Å². The Hall–Kier alpha value is -4.21. The second kappa shape index (κ2) is 16.0. The van der Waals surface area contributed by atoms with Crippen LogP contribution in [-0.4, -0.2) is 74.7 Å². The Kier molecular flexibility index (Phi) is 11.9. The predicted molar refractivity (Wildman–Crippen MR) is 169 cm³/mol. The molecule has 1 fully saturated rings. The summed E-state index contributed by atoms with van der Waals surface area (Å²) < 4.78 is 7.78. The number of aryl methyl sites for hydroxylation is 1. The highest BCUT2D eigenvalue weighted by Crippen LogP contribution is 2.24. The molecule has 3 aromatic rings. The van der Waals surface area contributed by atoms with Gasteiger partial charge in [0.2, 0.25) is 11.8 Å². The van der Waals surface area contributed by atoms with E-state index in [-0.39, 0.29) is 24.3 Å². The van der Waals surface area contributed by atoms with E-state index in [1.165, 1.54) is 0 Å². The lowest BCUT2D eigenvalue weighted by Gasteiger charge is -2.31. The van der Waals surface area contributed by atoms with Crippen molar-refractivity contribution in [3.63, 3.8) is 0 Å². The third-order valence-corrected chi connectivity index (χ3v) is 7.92. The largest absolute Gasteiger partial charge is 0.486 e. The summed E-state index contributed by atoms with van der Waals surface area (Å²) in [4.78, 5) is 44.4. The molecule has 2 atom stereocenters. The highest BCUT2D eigenvalue weighted by molar-refractivity contribution is 6.00. The van der Waals surface area contributed by atoms with Crippen LogP contribution in [0.5, 0.6) is 5.75 Å². The fourth-order valence-corrected chi connectivity index (χ4v) is 5.49. The zero-order chi connectivity index (χ0) is 31.5. The van der Waals surface area contributed by atoms with Gasteiger partial charge >= 0.3 is 0 Å². The third kappa shape index (κ3) is 8.90. The van der Waals surface area contributed by atoms with E-state index in [0.717, 1.165) is 37.8 Å². The molecule has 2 aromatic carbocycles. The van der Waals surface area contributed by atoms with Gasteiger partial charge in [0.1, 0.15) is 30.1 Å². The van der Waals surface area contributed by atoms with E-state index >= 15 is 0 Å². The molecule has 1 aromatic heterocycles. The highest BCUT2D eigenvalue weighted by Gasteiger charge is 2.39. The second-order valence-corrected chi connectivity index (χ2v) is 12.0. The van der Waals surface area contributed by atoms with Crippen LogP contribution in [0.25, 0.3) is 0 Å². The number of hydrogen-bond acceptors (Lipinski definition) is 6. The molecule has 4 rings (SSSR count). The van der Waals surface area contributed by atoms with Gasteiger partial charge in [0.15, 0.2) is 0 Å². The molecule has 0 spiro atoms. The molecule has 10 nitrogen and oxygen atoms in total. The van der Waals surface area contributed by atoms with Gasteiger partial charge in [-0.15, -0.1) is 5.10 Å². The number of carbonyl (C=O) groups excluding carboxylic acids is 3. The summed E-state index contributed by atoms with van der Waals surface area (Å²) in [5, 5.41) is 11.3. The van der Waals surface area contributed by atoms with Crippen molar-refractivity contribution in [3.8, 4) is 5.75 Å². The first kappa shape index (κ1) is 32.7. The Morgan fingerprint density at radius 2 is 1.84 bits per heavy atom. The van der Waals surface area contributed by atoms with Gasteiger partial charge in [-0.25, -0.2) is 0 Å². The maximum atomic E-state index is 13.9. The lowest BCUT2D eigenvalue weighted by molar-refractivity contribution is -0.144. The summed E-state index contributed by atoms with van der Waals surface area (Å²) in [6.07, 6.45) is 6.49. The Bertz CT molecular complexity index is 1370. The monoisotopic (exact) mass is 602 g/mol. The van der Waals surface area contributed by atoms with Crippen LogP contribution in [-0.2, 0) is 29.2 Å². The molecule has 1 aliphatic heterocycles. The van der Waals surface area contributed by atoms with Gasteiger partial charge in [-0.2, -0.15) is 0 Å². The third-order valence-electron chi connectivity index (χ3n) is 7.92. The lowest BCUT2D eigenvalue weighted by atomic mass is 10.0. The summed E-state index contributed by atoms with van der Waals surface area (Å²) in [7, 11) is 1.79. The van der Waals surface area contributed by atoms with Crippen LogP contribution in [0.2, 0.25) is 0 Å². The SMILES string of the molecule is CCCCn1cc(COc2ccccc2C(=O)N[C@H](CC(C)C)C(=O)N2CCC[C@@H]2C(=O)N(C)CCc2ccccc2)nn1. The van der Waals surface area contributed by atoms with Crippen molar-refractivity contribution in [1.29, 1.82) is 0 Å². The first-order chi connectivity index (χ1) is 21.3. The Morgan fingerprint density at radius 3 is 2.59 bits per heavy atom. The number of nitrogens with one attached hydrogen (secondary N) is 1. The van der Waals surface area contributed by atoms with Crippen molar-refractivity contribution in [1.82, 2.24) is 30.1 Å². The smallest absolute Gasteiger partial charge is 0.255 e. The Balaban J connectivity index is 1.41. The summed E-state index contributed by atoms with van der Waals surface area (Å²) in [5.41, 5.74) is 2.17. The number of nitrogens with zero attached hydrogens (tertiary/aromatic N) is 5. The molecular formula is C34H46N6O4. The van der Waals surface area contributed by atoms with Gasteiger partial charge in [0, 0.05) is 26.7 Å². The van der Waals surface area contributed by atoms with E-state index in [9.17, 15) is 14.4 Å². The number of hydrogen-bond donors (Lipinski definition) is 1. The molecule has 0 aliphatic carbocycles. The van der Waals surface area contributed by atoms with Crippen LogP contribution in [0.15, 0.2) is 60.8 Å². The number of para-hydroxylation sites is 1. The number of likely N-dealkylation sites (N-methyl/N-ethyl adjacent to an activating group) is 1. The van der Waals surface area contributed by atoms with Crippen LogP contribution in [0.1, 0.15) is 74.5 Å². The van der Waals surface area contributed by atoms with E-state index in [2.05, 4.69) is 22.6 Å². The first-order valence-corrected chi connectivity index (χ1v) is 15.8. The van der Waals surface area contributed by atoms with E-state index < -0.39 is 18.0 Å². The topological polar surface area (TPSA) is 110 Å². The van der Waals surface area contributed by atoms with E-state index in [0.29, 0.717) is 42.9 Å². The number of benzene rings is 2. The van der Waals surface area contributed by atoms with Crippen molar-refractivity contribution < 1.29 is 19.1 Å². The molecule has 2 heterocycles. The zero-order valence-electron chi connectivity index (χ0n) is 26.4. The molecular weight excluding hydrogens is 556 g/mol.